The lowest BCUT2D eigenvalue weighted by atomic mass is 9.74. The van der Waals surface area contributed by atoms with Crippen molar-refractivity contribution in [2.75, 3.05) is 13.1 Å². The summed E-state index contributed by atoms with van der Waals surface area (Å²) >= 11 is 0. The second-order valence-electron chi connectivity index (χ2n) is 5.20. The van der Waals surface area contributed by atoms with Crippen molar-refractivity contribution in [2.24, 2.45) is 5.92 Å². The smallest absolute Gasteiger partial charge is 0.0819 e. The summed E-state index contributed by atoms with van der Waals surface area (Å²) < 4.78 is 0. The van der Waals surface area contributed by atoms with Gasteiger partial charge in [-0.15, -0.1) is 0 Å². The summed E-state index contributed by atoms with van der Waals surface area (Å²) in [6.45, 7) is 12.7. The van der Waals surface area contributed by atoms with Gasteiger partial charge >= 0.3 is 0 Å². The highest BCUT2D eigenvalue weighted by Crippen LogP contribution is 2.36. The maximum absolute atomic E-state index is 10.4. The van der Waals surface area contributed by atoms with Crippen LogP contribution in [0.2, 0.25) is 0 Å². The molecule has 1 rings (SSSR count). The Balaban J connectivity index is 2.76. The monoisotopic (exact) mass is 185 g/mol. The molecule has 0 saturated carbocycles. The predicted molar refractivity (Wildman–Crippen MR) is 55.7 cm³/mol. The fourth-order valence-corrected chi connectivity index (χ4v) is 1.90. The molecule has 0 amide bonds. The molecule has 13 heavy (non-hydrogen) atoms. The lowest BCUT2D eigenvalue weighted by molar-refractivity contribution is -0.130. The molecule has 1 atom stereocenters. The third kappa shape index (κ3) is 1.62. The number of likely N-dealkylation sites (tertiary alicyclic amines) is 1. The lowest BCUT2D eigenvalue weighted by Crippen LogP contribution is -2.65. The van der Waals surface area contributed by atoms with E-state index in [1.165, 1.54) is 6.42 Å². The second kappa shape index (κ2) is 3.25. The number of rotatable bonds is 3. The van der Waals surface area contributed by atoms with E-state index in [-0.39, 0.29) is 5.54 Å². The molecule has 0 aliphatic carbocycles. The highest BCUT2D eigenvalue weighted by atomic mass is 16.3. The molecular formula is C11H23NO. The summed E-state index contributed by atoms with van der Waals surface area (Å²) in [4.78, 5) is 2.37. The van der Waals surface area contributed by atoms with Crippen LogP contribution in [0.4, 0.5) is 0 Å². The van der Waals surface area contributed by atoms with E-state index in [1.54, 1.807) is 0 Å². The first-order valence-corrected chi connectivity index (χ1v) is 5.27. The van der Waals surface area contributed by atoms with Crippen LogP contribution in [0.25, 0.3) is 0 Å². The maximum Gasteiger partial charge on any atom is 0.0819 e. The Morgan fingerprint density at radius 3 is 1.85 bits per heavy atom. The van der Waals surface area contributed by atoms with Crippen molar-refractivity contribution in [3.8, 4) is 0 Å². The molecule has 1 saturated heterocycles. The summed E-state index contributed by atoms with van der Waals surface area (Å²) in [5, 5.41) is 10.4. The van der Waals surface area contributed by atoms with Crippen LogP contribution in [0.15, 0.2) is 0 Å². The zero-order chi connectivity index (χ0) is 10.3. The average Bonchev–Trinajstić information content (AvgIpc) is 1.80. The van der Waals surface area contributed by atoms with Crippen molar-refractivity contribution in [1.29, 1.82) is 0 Å². The molecule has 1 N–H and O–H groups in total. The van der Waals surface area contributed by atoms with Gasteiger partial charge in [0.25, 0.3) is 0 Å². The molecule has 1 heterocycles. The molecule has 1 fully saturated rings. The van der Waals surface area contributed by atoms with Crippen LogP contribution < -0.4 is 0 Å². The first kappa shape index (κ1) is 11.0. The third-order valence-electron chi connectivity index (χ3n) is 4.01. The van der Waals surface area contributed by atoms with Crippen LogP contribution in [0, 0.1) is 5.92 Å². The Bertz CT molecular complexity index is 181. The van der Waals surface area contributed by atoms with Crippen LogP contribution >= 0.6 is 0 Å². The van der Waals surface area contributed by atoms with E-state index < -0.39 is 5.60 Å². The topological polar surface area (TPSA) is 23.5 Å². The van der Waals surface area contributed by atoms with Crippen molar-refractivity contribution >= 4 is 0 Å². The first-order chi connectivity index (χ1) is 5.80. The minimum atomic E-state index is -0.604. The molecule has 0 aromatic heterocycles. The largest absolute Gasteiger partial charge is 0.388 e. The Labute approximate surface area is 81.9 Å². The summed E-state index contributed by atoms with van der Waals surface area (Å²) in [6, 6.07) is 0. The van der Waals surface area contributed by atoms with Crippen LogP contribution in [0.5, 0.6) is 0 Å². The molecule has 2 nitrogen and oxygen atoms in total. The molecule has 78 valence electrons. The Morgan fingerprint density at radius 2 is 1.62 bits per heavy atom. The molecule has 0 aromatic rings. The molecule has 0 spiro atoms. The van der Waals surface area contributed by atoms with Crippen molar-refractivity contribution < 1.29 is 5.11 Å². The van der Waals surface area contributed by atoms with Crippen molar-refractivity contribution in [3.05, 3.63) is 0 Å². The van der Waals surface area contributed by atoms with Gasteiger partial charge in [-0.2, -0.15) is 0 Å². The van der Waals surface area contributed by atoms with Gasteiger partial charge in [0.05, 0.1) is 5.60 Å². The van der Waals surface area contributed by atoms with Gasteiger partial charge in [0, 0.05) is 18.6 Å². The van der Waals surface area contributed by atoms with Crippen LogP contribution in [-0.4, -0.2) is 34.2 Å². The van der Waals surface area contributed by atoms with Gasteiger partial charge in [-0.1, -0.05) is 13.8 Å². The first-order valence-electron chi connectivity index (χ1n) is 5.27. The average molecular weight is 185 g/mol. The standard InChI is InChI=1S/C11H23NO/c1-9(2)11(5,13)10(3,4)12-7-6-8-12/h9,13H,6-8H2,1-5H3. The fraction of sp³-hybridized carbons (Fsp3) is 1.00. The highest BCUT2D eigenvalue weighted by Gasteiger charge is 2.47. The SMILES string of the molecule is CC(C)C(C)(O)C(C)(C)N1CCC1. The molecular weight excluding hydrogens is 162 g/mol. The Hall–Kier alpha value is -0.0800. The number of hydrogen-bond acceptors (Lipinski definition) is 2. The molecule has 1 aliphatic heterocycles. The third-order valence-corrected chi connectivity index (χ3v) is 4.01. The minimum absolute atomic E-state index is 0.0978. The van der Waals surface area contributed by atoms with E-state index in [0.29, 0.717) is 5.92 Å². The molecule has 0 bridgehead atoms. The van der Waals surface area contributed by atoms with Gasteiger partial charge in [0.2, 0.25) is 0 Å². The van der Waals surface area contributed by atoms with Gasteiger partial charge in [0.15, 0.2) is 0 Å². The van der Waals surface area contributed by atoms with Crippen LogP contribution in [-0.2, 0) is 0 Å². The van der Waals surface area contributed by atoms with E-state index in [0.717, 1.165) is 13.1 Å². The number of hydrogen-bond donors (Lipinski definition) is 1. The zero-order valence-electron chi connectivity index (χ0n) is 9.59. The van der Waals surface area contributed by atoms with Crippen LogP contribution in [0.1, 0.15) is 41.0 Å². The fourth-order valence-electron chi connectivity index (χ4n) is 1.90. The van der Waals surface area contributed by atoms with E-state index in [9.17, 15) is 5.11 Å². The normalized spacial score (nSPS) is 24.2. The molecule has 0 aromatic carbocycles. The van der Waals surface area contributed by atoms with Crippen molar-refractivity contribution in [3.63, 3.8) is 0 Å². The minimum Gasteiger partial charge on any atom is -0.388 e. The number of nitrogens with zero attached hydrogens (tertiary/aromatic N) is 1. The van der Waals surface area contributed by atoms with Gasteiger partial charge in [-0.3, -0.25) is 4.90 Å². The van der Waals surface area contributed by atoms with E-state index >= 15 is 0 Å². The van der Waals surface area contributed by atoms with Crippen LogP contribution in [0.3, 0.4) is 0 Å². The molecule has 0 radical (unpaired) electrons. The van der Waals surface area contributed by atoms with Gasteiger partial charge in [0.1, 0.15) is 0 Å². The Kier molecular flexibility index (Phi) is 2.75. The van der Waals surface area contributed by atoms with E-state index in [2.05, 4.69) is 32.6 Å². The number of aliphatic hydroxyl groups is 1. The van der Waals surface area contributed by atoms with Gasteiger partial charge < -0.3 is 5.11 Å². The molecule has 1 unspecified atom stereocenters. The van der Waals surface area contributed by atoms with Gasteiger partial charge in [-0.05, 0) is 33.1 Å². The summed E-state index contributed by atoms with van der Waals surface area (Å²) in [7, 11) is 0. The highest BCUT2D eigenvalue weighted by molar-refractivity contribution is 5.02. The lowest BCUT2D eigenvalue weighted by Gasteiger charge is -2.53. The summed E-state index contributed by atoms with van der Waals surface area (Å²) in [5.41, 5.74) is -0.702. The maximum atomic E-state index is 10.4. The van der Waals surface area contributed by atoms with E-state index in [4.69, 9.17) is 0 Å². The van der Waals surface area contributed by atoms with Crippen molar-refractivity contribution in [2.45, 2.75) is 52.2 Å². The second-order valence-corrected chi connectivity index (χ2v) is 5.20. The zero-order valence-corrected chi connectivity index (χ0v) is 9.59. The Morgan fingerprint density at radius 1 is 1.15 bits per heavy atom. The quantitative estimate of drug-likeness (QED) is 0.725. The van der Waals surface area contributed by atoms with Gasteiger partial charge in [-0.25, -0.2) is 0 Å². The molecule has 2 heteroatoms. The van der Waals surface area contributed by atoms with Crippen molar-refractivity contribution in [1.82, 2.24) is 4.90 Å². The summed E-state index contributed by atoms with van der Waals surface area (Å²) in [6.07, 6.45) is 1.28. The predicted octanol–water partition coefficient (Wildman–Crippen LogP) is 1.88. The van der Waals surface area contributed by atoms with E-state index in [1.807, 2.05) is 6.92 Å². The molecule has 1 aliphatic rings. The summed E-state index contributed by atoms with van der Waals surface area (Å²) in [5.74, 6) is 0.295.